The van der Waals surface area contributed by atoms with E-state index in [2.05, 4.69) is 55.0 Å². The first-order valence-electron chi connectivity index (χ1n) is 12.0. The number of phenols is 1. The Morgan fingerprint density at radius 2 is 1.79 bits per heavy atom. The summed E-state index contributed by atoms with van der Waals surface area (Å²) in [6.07, 6.45) is 9.28. The van der Waals surface area contributed by atoms with Crippen LogP contribution in [0.4, 0.5) is 5.69 Å². The minimum Gasteiger partial charge on any atom is -0.508 e. The highest BCUT2D eigenvalue weighted by Gasteiger charge is 2.18. The third kappa shape index (κ3) is 13.8. The number of aromatic hydroxyl groups is 1. The summed E-state index contributed by atoms with van der Waals surface area (Å²) in [4.78, 5) is 10.9. The number of likely N-dealkylation sites (tertiary alicyclic amines) is 1. The molecule has 1 aromatic carbocycles. The zero-order chi connectivity index (χ0) is 26.4. The zero-order valence-corrected chi connectivity index (χ0v) is 21.7. The van der Waals surface area contributed by atoms with Gasteiger partial charge in [-0.25, -0.2) is 0 Å². The lowest BCUT2D eigenvalue weighted by molar-refractivity contribution is -0.106. The summed E-state index contributed by atoms with van der Waals surface area (Å²) < 4.78 is 0. The third-order valence-electron chi connectivity index (χ3n) is 5.37. The third-order valence-corrected chi connectivity index (χ3v) is 5.37. The Labute approximate surface area is 207 Å². The minimum absolute atomic E-state index is 0.137. The second-order valence-electron chi connectivity index (χ2n) is 7.59. The fourth-order valence-corrected chi connectivity index (χ4v) is 3.45. The summed E-state index contributed by atoms with van der Waals surface area (Å²) in [5, 5.41) is 25.6. The molecule has 0 spiro atoms. The number of nitrogens with two attached hydrogens (primary N) is 1. The topological polar surface area (TPSA) is 111 Å². The van der Waals surface area contributed by atoms with Crippen LogP contribution in [0.15, 0.2) is 56.2 Å². The molecule has 1 aliphatic rings. The number of piperidine rings is 1. The van der Waals surface area contributed by atoms with Crippen LogP contribution < -0.4 is 16.4 Å². The molecule has 2 rings (SSSR count). The fourth-order valence-electron chi connectivity index (χ4n) is 3.45. The molecule has 0 aliphatic carbocycles. The molecule has 1 aliphatic heterocycles. The van der Waals surface area contributed by atoms with E-state index in [1.54, 1.807) is 12.1 Å². The van der Waals surface area contributed by atoms with Crippen molar-refractivity contribution in [3.05, 3.63) is 61.7 Å². The molecule has 0 aromatic heterocycles. The maximum atomic E-state index is 9.65. The Kier molecular flexibility index (Phi) is 21.9. The SMILES string of the molecule is C=CCNC(C=C)C(C=C)CC.CC.CN1CCC(Nc2cccc(O)c2CO)CC1.NC=O. The molecule has 34 heavy (non-hydrogen) atoms. The first kappa shape index (κ1) is 33.6. The van der Waals surface area contributed by atoms with Crippen molar-refractivity contribution in [2.24, 2.45) is 11.7 Å². The van der Waals surface area contributed by atoms with E-state index in [4.69, 9.17) is 4.79 Å². The number of anilines is 1. The molecule has 2 atom stereocenters. The van der Waals surface area contributed by atoms with Crippen LogP contribution in [-0.4, -0.2) is 60.3 Å². The minimum atomic E-state index is -0.137. The molecule has 1 aromatic rings. The van der Waals surface area contributed by atoms with Crippen molar-refractivity contribution in [2.75, 3.05) is 32.0 Å². The van der Waals surface area contributed by atoms with Gasteiger partial charge in [-0.05, 0) is 57.5 Å². The second kappa shape index (κ2) is 22.2. The Morgan fingerprint density at radius 3 is 2.24 bits per heavy atom. The van der Waals surface area contributed by atoms with Gasteiger partial charge in [-0.3, -0.25) is 4.79 Å². The molecular weight excluding hydrogens is 428 g/mol. The van der Waals surface area contributed by atoms with E-state index in [0.29, 0.717) is 23.6 Å². The van der Waals surface area contributed by atoms with E-state index in [0.717, 1.165) is 44.6 Å². The summed E-state index contributed by atoms with van der Waals surface area (Å²) in [6, 6.07) is 6.06. The molecule has 1 saturated heterocycles. The van der Waals surface area contributed by atoms with Crippen molar-refractivity contribution in [1.29, 1.82) is 0 Å². The maximum Gasteiger partial charge on any atom is 0.204 e. The van der Waals surface area contributed by atoms with E-state index in [1.807, 2.05) is 38.1 Å². The van der Waals surface area contributed by atoms with Gasteiger partial charge in [-0.15, -0.1) is 19.7 Å². The van der Waals surface area contributed by atoms with Gasteiger partial charge in [0.2, 0.25) is 6.41 Å². The summed E-state index contributed by atoms with van der Waals surface area (Å²) in [7, 11) is 2.13. The zero-order valence-electron chi connectivity index (χ0n) is 21.7. The van der Waals surface area contributed by atoms with Crippen LogP contribution in [0.5, 0.6) is 5.75 Å². The summed E-state index contributed by atoms with van der Waals surface area (Å²) in [6.45, 7) is 20.2. The number of primary amides is 1. The number of benzene rings is 1. The molecule has 1 amide bonds. The van der Waals surface area contributed by atoms with E-state index in [1.165, 1.54) is 0 Å². The van der Waals surface area contributed by atoms with Crippen molar-refractivity contribution in [1.82, 2.24) is 10.2 Å². The lowest BCUT2D eigenvalue weighted by Crippen LogP contribution is -2.36. The van der Waals surface area contributed by atoms with Crippen molar-refractivity contribution < 1.29 is 15.0 Å². The summed E-state index contributed by atoms with van der Waals surface area (Å²) in [5.74, 6) is 0.632. The molecule has 7 heteroatoms. The molecule has 6 N–H and O–H groups in total. The van der Waals surface area contributed by atoms with Gasteiger partial charge in [0.25, 0.3) is 0 Å². The Hall–Kier alpha value is -2.61. The first-order valence-corrected chi connectivity index (χ1v) is 12.0. The molecule has 7 nitrogen and oxygen atoms in total. The van der Waals surface area contributed by atoms with Crippen LogP contribution >= 0.6 is 0 Å². The molecule has 0 saturated carbocycles. The van der Waals surface area contributed by atoms with E-state index in [9.17, 15) is 10.2 Å². The number of carbonyl (C=O) groups excluding carboxylic acids is 1. The Bertz CT molecular complexity index is 674. The number of hydrogen-bond acceptors (Lipinski definition) is 6. The highest BCUT2D eigenvalue weighted by molar-refractivity contribution is 5.57. The van der Waals surface area contributed by atoms with E-state index in [-0.39, 0.29) is 18.8 Å². The van der Waals surface area contributed by atoms with Crippen LogP contribution in [0.3, 0.4) is 0 Å². The van der Waals surface area contributed by atoms with Crippen molar-refractivity contribution in [3.8, 4) is 5.75 Å². The van der Waals surface area contributed by atoms with Crippen LogP contribution in [0.2, 0.25) is 0 Å². The number of rotatable bonds is 10. The molecular formula is C27H48N4O3. The summed E-state index contributed by atoms with van der Waals surface area (Å²) in [5.41, 5.74) is 5.61. The lowest BCUT2D eigenvalue weighted by Gasteiger charge is -2.30. The molecule has 1 heterocycles. The quantitative estimate of drug-likeness (QED) is 0.257. The van der Waals surface area contributed by atoms with Crippen LogP contribution in [-0.2, 0) is 11.4 Å². The fraction of sp³-hybridized carbons (Fsp3) is 0.519. The molecule has 0 radical (unpaired) electrons. The first-order chi connectivity index (χ1) is 16.4. The molecule has 194 valence electrons. The lowest BCUT2D eigenvalue weighted by atomic mass is 9.97. The van der Waals surface area contributed by atoms with Crippen LogP contribution in [0, 0.1) is 5.92 Å². The second-order valence-corrected chi connectivity index (χ2v) is 7.59. The van der Waals surface area contributed by atoms with Gasteiger partial charge in [-0.2, -0.15) is 0 Å². The standard InChI is InChI=1S/C13H20N2O2.C11H19N.C2H6.CH3NO/c1-15-7-5-10(6-8-15)14-12-3-2-4-13(17)11(12)9-16;1-5-9-12-11(8-4)10(6-2)7-3;1-2;2-1-3/h2-4,10,14,16-17H,5-9H2,1H3;5-6,8,10-12H,1-2,4,7,9H2,3H3;1-2H3;1H,(H2,2,3). The Morgan fingerprint density at radius 1 is 1.21 bits per heavy atom. The Balaban J connectivity index is 0. The average molecular weight is 477 g/mol. The molecule has 1 fully saturated rings. The van der Waals surface area contributed by atoms with E-state index >= 15 is 0 Å². The van der Waals surface area contributed by atoms with E-state index < -0.39 is 0 Å². The van der Waals surface area contributed by atoms with Gasteiger partial charge in [0.05, 0.1) is 6.61 Å². The van der Waals surface area contributed by atoms with Gasteiger partial charge in [0, 0.05) is 29.9 Å². The predicted molar refractivity (Wildman–Crippen MR) is 146 cm³/mol. The van der Waals surface area contributed by atoms with Gasteiger partial charge >= 0.3 is 0 Å². The highest BCUT2D eigenvalue weighted by Crippen LogP contribution is 2.27. The molecule has 0 bridgehead atoms. The number of nitrogens with one attached hydrogen (secondary N) is 2. The smallest absolute Gasteiger partial charge is 0.204 e. The van der Waals surface area contributed by atoms with Crippen LogP contribution in [0.1, 0.15) is 45.6 Å². The van der Waals surface area contributed by atoms with Gasteiger partial charge in [-0.1, -0.05) is 45.1 Å². The number of amides is 1. The number of aliphatic hydroxyl groups excluding tert-OH is 1. The van der Waals surface area contributed by atoms with Crippen molar-refractivity contribution in [2.45, 2.75) is 58.7 Å². The number of aliphatic hydroxyl groups is 1. The van der Waals surface area contributed by atoms with Gasteiger partial charge in [0.15, 0.2) is 0 Å². The van der Waals surface area contributed by atoms with Crippen molar-refractivity contribution >= 4 is 12.1 Å². The molecule has 2 unspecified atom stereocenters. The van der Waals surface area contributed by atoms with Gasteiger partial charge < -0.3 is 31.5 Å². The number of hydrogen-bond donors (Lipinski definition) is 5. The number of carbonyl (C=O) groups is 1. The van der Waals surface area contributed by atoms with Gasteiger partial charge in [0.1, 0.15) is 5.75 Å². The highest BCUT2D eigenvalue weighted by atomic mass is 16.3. The monoisotopic (exact) mass is 476 g/mol. The average Bonchev–Trinajstić information content (AvgIpc) is 2.85. The number of nitrogens with zero attached hydrogens (tertiary/aromatic N) is 1. The largest absolute Gasteiger partial charge is 0.508 e. The van der Waals surface area contributed by atoms with Crippen LogP contribution in [0.25, 0.3) is 0 Å². The predicted octanol–water partition coefficient (Wildman–Crippen LogP) is 4.05. The summed E-state index contributed by atoms with van der Waals surface area (Å²) >= 11 is 0. The van der Waals surface area contributed by atoms with Crippen molar-refractivity contribution in [3.63, 3.8) is 0 Å². The normalized spacial score (nSPS) is 14.9. The maximum absolute atomic E-state index is 9.65.